The average Bonchev–Trinajstić information content (AvgIpc) is 1.88. The summed E-state index contributed by atoms with van der Waals surface area (Å²) in [5.74, 6) is 1.79. The molecule has 0 aliphatic carbocycles. The van der Waals surface area contributed by atoms with E-state index in [0.29, 0.717) is 0 Å². The lowest BCUT2D eigenvalue weighted by Crippen LogP contribution is -2.01. The maximum atomic E-state index is 3.86. The van der Waals surface area contributed by atoms with Gasteiger partial charge in [0.1, 0.15) is 0 Å². The quantitative estimate of drug-likeness (QED) is 0.548. The monoisotopic (exact) mass is 141 g/mol. The smallest absolute Gasteiger partial charge is 0.0440 e. The molecule has 0 aromatic rings. The summed E-state index contributed by atoms with van der Waals surface area (Å²) in [7, 11) is 0. The third-order valence-electron chi connectivity index (χ3n) is 2.20. The van der Waals surface area contributed by atoms with Gasteiger partial charge in [-0.15, -0.1) is 0 Å². The Balaban J connectivity index is 3.27. The molecule has 0 aromatic heterocycles. The van der Waals surface area contributed by atoms with Crippen molar-refractivity contribution in [3.05, 3.63) is 6.92 Å². The first-order valence-corrected chi connectivity index (χ1v) is 4.49. The Morgan fingerprint density at radius 1 is 1.20 bits per heavy atom. The van der Waals surface area contributed by atoms with Crippen LogP contribution >= 0.6 is 0 Å². The second kappa shape index (κ2) is 5.76. The summed E-state index contributed by atoms with van der Waals surface area (Å²) in [5.41, 5.74) is 0. The van der Waals surface area contributed by atoms with E-state index in [1.807, 2.05) is 0 Å². The van der Waals surface area contributed by atoms with E-state index >= 15 is 0 Å². The second-order valence-electron chi connectivity index (χ2n) is 3.50. The van der Waals surface area contributed by atoms with Crippen molar-refractivity contribution in [1.82, 2.24) is 0 Å². The summed E-state index contributed by atoms with van der Waals surface area (Å²) in [5, 5.41) is 0. The molecule has 0 aliphatic rings. The van der Waals surface area contributed by atoms with Crippen LogP contribution < -0.4 is 0 Å². The molecule has 0 heteroatoms. The van der Waals surface area contributed by atoms with Crippen molar-refractivity contribution in [3.8, 4) is 0 Å². The van der Waals surface area contributed by atoms with Gasteiger partial charge in [-0.05, 0) is 18.3 Å². The van der Waals surface area contributed by atoms with E-state index in [1.54, 1.807) is 0 Å². The van der Waals surface area contributed by atoms with E-state index in [-0.39, 0.29) is 0 Å². The zero-order chi connectivity index (χ0) is 7.98. The van der Waals surface area contributed by atoms with Gasteiger partial charge in [0.25, 0.3) is 0 Å². The zero-order valence-electron chi connectivity index (χ0n) is 7.69. The lowest BCUT2D eigenvalue weighted by atomic mass is 9.92. The Labute approximate surface area is 66.0 Å². The van der Waals surface area contributed by atoms with Crippen LogP contribution in [0.25, 0.3) is 0 Å². The van der Waals surface area contributed by atoms with Crippen molar-refractivity contribution in [3.63, 3.8) is 0 Å². The molecule has 0 amide bonds. The summed E-state index contributed by atoms with van der Waals surface area (Å²) in [4.78, 5) is 0. The summed E-state index contributed by atoms with van der Waals surface area (Å²) >= 11 is 0. The van der Waals surface area contributed by atoms with Crippen molar-refractivity contribution in [2.75, 3.05) is 0 Å². The molecule has 0 aliphatic heterocycles. The first kappa shape index (κ1) is 10.0. The number of rotatable bonds is 5. The van der Waals surface area contributed by atoms with Crippen LogP contribution in [-0.4, -0.2) is 0 Å². The van der Waals surface area contributed by atoms with Crippen LogP contribution in [0.15, 0.2) is 0 Å². The summed E-state index contributed by atoms with van der Waals surface area (Å²) in [6.45, 7) is 10.8. The van der Waals surface area contributed by atoms with Crippen LogP contribution in [0.1, 0.15) is 46.5 Å². The molecule has 10 heavy (non-hydrogen) atoms. The molecule has 0 N–H and O–H groups in total. The van der Waals surface area contributed by atoms with E-state index in [1.165, 1.54) is 19.3 Å². The van der Waals surface area contributed by atoms with Gasteiger partial charge in [0.05, 0.1) is 0 Å². The molecule has 2 unspecified atom stereocenters. The summed E-state index contributed by atoms with van der Waals surface area (Å²) in [6, 6.07) is 0. The van der Waals surface area contributed by atoms with E-state index in [4.69, 9.17) is 0 Å². The molecule has 1 radical (unpaired) electrons. The Bertz CT molecular complexity index is 66.4. The third kappa shape index (κ3) is 4.84. The Hall–Kier alpha value is 0. The van der Waals surface area contributed by atoms with Crippen molar-refractivity contribution in [1.29, 1.82) is 0 Å². The third-order valence-corrected chi connectivity index (χ3v) is 2.20. The first-order valence-electron chi connectivity index (χ1n) is 4.49. The van der Waals surface area contributed by atoms with Gasteiger partial charge < -0.3 is 0 Å². The van der Waals surface area contributed by atoms with E-state index in [2.05, 4.69) is 27.7 Å². The highest BCUT2D eigenvalue weighted by Crippen LogP contribution is 2.18. The number of hydrogen-bond acceptors (Lipinski definition) is 0. The lowest BCUT2D eigenvalue weighted by molar-refractivity contribution is 0.389. The van der Waals surface area contributed by atoms with Gasteiger partial charge in [-0.3, -0.25) is 0 Å². The molecule has 0 fully saturated rings. The maximum Gasteiger partial charge on any atom is -0.0440 e. The van der Waals surface area contributed by atoms with Gasteiger partial charge in [-0.2, -0.15) is 0 Å². The maximum absolute atomic E-state index is 3.86. The minimum atomic E-state index is 0.882. The molecule has 2 atom stereocenters. The fraction of sp³-hybridized carbons (Fsp3) is 0.900. The van der Waals surface area contributed by atoms with Crippen LogP contribution in [0, 0.1) is 18.8 Å². The molecular formula is C10H21. The Morgan fingerprint density at radius 3 is 2.20 bits per heavy atom. The normalized spacial score (nSPS) is 16.8. The van der Waals surface area contributed by atoms with Gasteiger partial charge >= 0.3 is 0 Å². The fourth-order valence-electron chi connectivity index (χ4n) is 1.32. The second-order valence-corrected chi connectivity index (χ2v) is 3.50. The molecule has 0 spiro atoms. The molecule has 0 heterocycles. The van der Waals surface area contributed by atoms with Gasteiger partial charge in [0, 0.05) is 0 Å². The van der Waals surface area contributed by atoms with Crippen LogP contribution in [0.4, 0.5) is 0 Å². The molecule has 61 valence electrons. The minimum Gasteiger partial charge on any atom is -0.0651 e. The zero-order valence-corrected chi connectivity index (χ0v) is 7.69. The van der Waals surface area contributed by atoms with Crippen LogP contribution in [-0.2, 0) is 0 Å². The summed E-state index contributed by atoms with van der Waals surface area (Å²) < 4.78 is 0. The lowest BCUT2D eigenvalue weighted by Gasteiger charge is -2.14. The molecule has 0 aromatic carbocycles. The highest BCUT2D eigenvalue weighted by Gasteiger charge is 2.04. The standard InChI is InChI=1S/C10H21/c1-5-7-10(4)8-9(3)6-2/h9-10H,1,5-8H2,2-4H3. The van der Waals surface area contributed by atoms with E-state index in [0.717, 1.165) is 18.3 Å². The highest BCUT2D eigenvalue weighted by molar-refractivity contribution is 4.58. The topological polar surface area (TPSA) is 0 Å². The largest absolute Gasteiger partial charge is 0.0651 e. The Kier molecular flexibility index (Phi) is 5.76. The Morgan fingerprint density at radius 2 is 1.80 bits per heavy atom. The summed E-state index contributed by atoms with van der Waals surface area (Å²) in [6.07, 6.45) is 5.09. The van der Waals surface area contributed by atoms with E-state index in [9.17, 15) is 0 Å². The van der Waals surface area contributed by atoms with Gasteiger partial charge in [0.2, 0.25) is 0 Å². The fourth-order valence-corrected chi connectivity index (χ4v) is 1.32. The van der Waals surface area contributed by atoms with Crippen molar-refractivity contribution < 1.29 is 0 Å². The molecule has 0 nitrogen and oxygen atoms in total. The van der Waals surface area contributed by atoms with Crippen LogP contribution in [0.2, 0.25) is 0 Å². The predicted molar refractivity (Wildman–Crippen MR) is 47.8 cm³/mol. The van der Waals surface area contributed by atoms with Crippen molar-refractivity contribution >= 4 is 0 Å². The average molecular weight is 141 g/mol. The highest BCUT2D eigenvalue weighted by atomic mass is 14.1. The number of hydrogen-bond donors (Lipinski definition) is 0. The first-order chi connectivity index (χ1) is 4.70. The van der Waals surface area contributed by atoms with Gasteiger partial charge in [0.15, 0.2) is 0 Å². The molecule has 0 bridgehead atoms. The van der Waals surface area contributed by atoms with E-state index < -0.39 is 0 Å². The van der Waals surface area contributed by atoms with Crippen LogP contribution in [0.5, 0.6) is 0 Å². The predicted octanol–water partition coefficient (Wildman–Crippen LogP) is 3.67. The van der Waals surface area contributed by atoms with Crippen molar-refractivity contribution in [2.24, 2.45) is 11.8 Å². The molecular weight excluding hydrogens is 120 g/mol. The molecule has 0 saturated carbocycles. The SMILES string of the molecule is [CH2]CCC(C)CC(C)CC. The molecule has 0 rings (SSSR count). The minimum absolute atomic E-state index is 0.882. The van der Waals surface area contributed by atoms with Crippen molar-refractivity contribution in [2.45, 2.75) is 46.5 Å². The van der Waals surface area contributed by atoms with Gasteiger partial charge in [-0.1, -0.05) is 47.0 Å². The van der Waals surface area contributed by atoms with Crippen LogP contribution in [0.3, 0.4) is 0 Å². The molecule has 0 saturated heterocycles. The van der Waals surface area contributed by atoms with Gasteiger partial charge in [-0.25, -0.2) is 0 Å².